The monoisotopic (exact) mass is 441 g/mol. The fourth-order valence-electron chi connectivity index (χ4n) is 3.62. The summed E-state index contributed by atoms with van der Waals surface area (Å²) in [7, 11) is 0. The highest BCUT2D eigenvalue weighted by Gasteiger charge is 2.27. The maximum absolute atomic E-state index is 12.6. The van der Waals surface area contributed by atoms with E-state index in [1.807, 2.05) is 30.3 Å². The van der Waals surface area contributed by atoms with E-state index in [1.54, 1.807) is 6.20 Å². The second-order valence-electron chi connectivity index (χ2n) is 7.44. The van der Waals surface area contributed by atoms with E-state index in [0.29, 0.717) is 21.6 Å². The Morgan fingerprint density at radius 2 is 2.10 bits per heavy atom. The molecule has 3 aromatic rings. The van der Waals surface area contributed by atoms with Crippen LogP contribution >= 0.6 is 23.1 Å². The average molecular weight is 442 g/mol. The van der Waals surface area contributed by atoms with Crippen LogP contribution in [0.1, 0.15) is 34.1 Å². The van der Waals surface area contributed by atoms with Crippen molar-refractivity contribution in [2.24, 2.45) is 11.7 Å². The summed E-state index contributed by atoms with van der Waals surface area (Å²) in [6.07, 6.45) is 4.49. The number of benzene rings is 1. The van der Waals surface area contributed by atoms with Crippen LogP contribution in [0.3, 0.4) is 0 Å². The number of aromatic nitrogens is 2. The minimum absolute atomic E-state index is 0.125. The van der Waals surface area contributed by atoms with Gasteiger partial charge in [-0.1, -0.05) is 49.0 Å². The molecule has 2 amide bonds. The number of nitrogen functional groups attached to an aromatic ring is 1. The molecular weight excluding hydrogens is 418 g/mol. The van der Waals surface area contributed by atoms with Gasteiger partial charge < -0.3 is 16.9 Å². The van der Waals surface area contributed by atoms with Gasteiger partial charge in [0.15, 0.2) is 5.16 Å². The number of thiophene rings is 1. The molecule has 2 heterocycles. The zero-order valence-corrected chi connectivity index (χ0v) is 18.2. The van der Waals surface area contributed by atoms with E-state index in [0.717, 1.165) is 41.0 Å². The van der Waals surface area contributed by atoms with Gasteiger partial charge in [0.25, 0.3) is 5.91 Å². The van der Waals surface area contributed by atoms with Crippen LogP contribution in [0.5, 0.6) is 0 Å². The van der Waals surface area contributed by atoms with Gasteiger partial charge in [0.05, 0.1) is 23.2 Å². The number of imidazole rings is 1. The maximum Gasteiger partial charge on any atom is 0.251 e. The summed E-state index contributed by atoms with van der Waals surface area (Å²) in [6, 6.07) is 9.71. The molecule has 7 nitrogen and oxygen atoms in total. The standard InChI is InChI=1S/C21H23N5O2S2/c1-12-7-8-14-16(9-12)30-20(18(14)19(22)28)25-17(27)11-29-21-24-15(10-26(21)23)13-5-3-2-4-6-13/h2-6,10,12H,7-9,11,23H2,1H3,(H2,22,28)(H,25,27)/t12-/m1/s1. The molecule has 30 heavy (non-hydrogen) atoms. The predicted molar refractivity (Wildman–Crippen MR) is 121 cm³/mol. The fraction of sp³-hybridized carbons (Fsp3) is 0.286. The number of carbonyl (C=O) groups excluding carboxylic acids is 2. The topological polar surface area (TPSA) is 116 Å². The molecule has 1 atom stereocenters. The van der Waals surface area contributed by atoms with Gasteiger partial charge in [0, 0.05) is 10.4 Å². The number of amides is 2. The summed E-state index contributed by atoms with van der Waals surface area (Å²) in [5.41, 5.74) is 8.78. The average Bonchev–Trinajstić information content (AvgIpc) is 3.26. The lowest BCUT2D eigenvalue weighted by Crippen LogP contribution is -2.20. The molecule has 0 bridgehead atoms. The highest BCUT2D eigenvalue weighted by molar-refractivity contribution is 7.99. The molecule has 9 heteroatoms. The maximum atomic E-state index is 12.6. The predicted octanol–water partition coefficient (Wildman–Crippen LogP) is 3.28. The highest BCUT2D eigenvalue weighted by atomic mass is 32.2. The third kappa shape index (κ3) is 4.22. The fourth-order valence-corrected chi connectivity index (χ4v) is 5.75. The van der Waals surface area contributed by atoms with Crippen molar-refractivity contribution in [2.45, 2.75) is 31.3 Å². The highest BCUT2D eigenvalue weighted by Crippen LogP contribution is 2.39. The minimum Gasteiger partial charge on any atom is -0.365 e. The summed E-state index contributed by atoms with van der Waals surface area (Å²) < 4.78 is 1.42. The van der Waals surface area contributed by atoms with Crippen LogP contribution < -0.4 is 16.9 Å². The zero-order valence-electron chi connectivity index (χ0n) is 16.6. The molecule has 0 fully saturated rings. The lowest BCUT2D eigenvalue weighted by molar-refractivity contribution is -0.113. The van der Waals surface area contributed by atoms with Crippen molar-refractivity contribution in [1.82, 2.24) is 9.66 Å². The van der Waals surface area contributed by atoms with Crippen LogP contribution in [0.4, 0.5) is 5.00 Å². The number of primary amides is 1. The molecule has 1 aliphatic carbocycles. The van der Waals surface area contributed by atoms with E-state index in [-0.39, 0.29) is 11.7 Å². The number of nitrogens with zero attached hydrogens (tertiary/aromatic N) is 2. The second kappa shape index (κ2) is 8.53. The van der Waals surface area contributed by atoms with Crippen LogP contribution in [0.25, 0.3) is 11.3 Å². The molecule has 0 radical (unpaired) electrons. The van der Waals surface area contributed by atoms with Gasteiger partial charge in [0.1, 0.15) is 5.00 Å². The zero-order chi connectivity index (χ0) is 21.3. The van der Waals surface area contributed by atoms with Crippen molar-refractivity contribution < 1.29 is 9.59 Å². The van der Waals surface area contributed by atoms with Crippen molar-refractivity contribution in [3.05, 3.63) is 52.5 Å². The van der Waals surface area contributed by atoms with Crippen LogP contribution in [0.15, 0.2) is 41.7 Å². The Labute approximate surface area is 182 Å². The van der Waals surface area contributed by atoms with E-state index < -0.39 is 5.91 Å². The molecule has 0 saturated carbocycles. The Morgan fingerprint density at radius 3 is 2.83 bits per heavy atom. The first-order valence-corrected chi connectivity index (χ1v) is 11.5. The Hall–Kier alpha value is -2.78. The summed E-state index contributed by atoms with van der Waals surface area (Å²) >= 11 is 2.70. The van der Waals surface area contributed by atoms with E-state index in [9.17, 15) is 9.59 Å². The first-order valence-electron chi connectivity index (χ1n) is 9.69. The number of carbonyl (C=O) groups is 2. The SMILES string of the molecule is C[C@@H]1CCc2c(sc(NC(=O)CSc3nc(-c4ccccc4)cn3N)c2C(N)=O)C1. The molecule has 1 aromatic carbocycles. The second-order valence-corrected chi connectivity index (χ2v) is 9.49. The number of hydrogen-bond acceptors (Lipinski definition) is 6. The number of rotatable bonds is 6. The molecule has 0 unspecified atom stereocenters. The molecule has 5 N–H and O–H groups in total. The van der Waals surface area contributed by atoms with Crippen molar-refractivity contribution in [2.75, 3.05) is 16.9 Å². The minimum atomic E-state index is -0.491. The summed E-state index contributed by atoms with van der Waals surface area (Å²) in [5, 5.41) is 3.96. The Bertz CT molecular complexity index is 1090. The van der Waals surface area contributed by atoms with E-state index >= 15 is 0 Å². The van der Waals surface area contributed by atoms with Crippen LogP contribution in [-0.4, -0.2) is 27.2 Å². The number of thioether (sulfide) groups is 1. The van der Waals surface area contributed by atoms with Crippen LogP contribution in [0, 0.1) is 5.92 Å². The van der Waals surface area contributed by atoms with Crippen molar-refractivity contribution in [3.8, 4) is 11.3 Å². The molecule has 0 saturated heterocycles. The summed E-state index contributed by atoms with van der Waals surface area (Å²) in [4.78, 5) is 30.3. The molecule has 4 rings (SSSR count). The smallest absolute Gasteiger partial charge is 0.251 e. The lowest BCUT2D eigenvalue weighted by Gasteiger charge is -2.18. The molecule has 156 valence electrons. The van der Waals surface area contributed by atoms with Crippen molar-refractivity contribution in [1.29, 1.82) is 0 Å². The van der Waals surface area contributed by atoms with Gasteiger partial charge >= 0.3 is 0 Å². The number of fused-ring (bicyclic) bond motifs is 1. The summed E-state index contributed by atoms with van der Waals surface area (Å²) in [5.74, 6) is 5.98. The Morgan fingerprint density at radius 1 is 1.33 bits per heavy atom. The van der Waals surface area contributed by atoms with E-state index in [1.165, 1.54) is 27.8 Å². The van der Waals surface area contributed by atoms with Crippen molar-refractivity contribution >= 4 is 39.9 Å². The van der Waals surface area contributed by atoms with Crippen LogP contribution in [-0.2, 0) is 17.6 Å². The first-order chi connectivity index (χ1) is 14.4. The normalized spacial score (nSPS) is 15.6. The van der Waals surface area contributed by atoms with E-state index in [2.05, 4.69) is 17.2 Å². The Kier molecular flexibility index (Phi) is 5.83. The largest absolute Gasteiger partial charge is 0.365 e. The Balaban J connectivity index is 1.45. The molecule has 0 aliphatic heterocycles. The van der Waals surface area contributed by atoms with Crippen molar-refractivity contribution in [3.63, 3.8) is 0 Å². The van der Waals surface area contributed by atoms with Gasteiger partial charge in [-0.3, -0.25) is 9.59 Å². The van der Waals surface area contributed by atoms with Gasteiger partial charge in [-0.25, -0.2) is 9.66 Å². The number of nitrogens with two attached hydrogens (primary N) is 2. The first kappa shape index (κ1) is 20.5. The molecule has 1 aliphatic rings. The van der Waals surface area contributed by atoms with Gasteiger partial charge in [-0.2, -0.15) is 0 Å². The number of hydrogen-bond donors (Lipinski definition) is 3. The molecule has 2 aromatic heterocycles. The lowest BCUT2D eigenvalue weighted by atomic mass is 9.88. The quantitative estimate of drug-likeness (QED) is 0.401. The third-order valence-electron chi connectivity index (χ3n) is 5.11. The molecule has 0 spiro atoms. The summed E-state index contributed by atoms with van der Waals surface area (Å²) in [6.45, 7) is 2.19. The van der Waals surface area contributed by atoms with Gasteiger partial charge in [0.2, 0.25) is 5.91 Å². The number of nitrogens with one attached hydrogen (secondary N) is 1. The van der Waals surface area contributed by atoms with Gasteiger partial charge in [-0.05, 0) is 30.7 Å². The van der Waals surface area contributed by atoms with E-state index in [4.69, 9.17) is 11.6 Å². The molecular formula is C21H23N5O2S2. The van der Waals surface area contributed by atoms with Gasteiger partial charge in [-0.15, -0.1) is 11.3 Å². The third-order valence-corrected chi connectivity index (χ3v) is 7.25. The van der Waals surface area contributed by atoms with Crippen LogP contribution in [0.2, 0.25) is 0 Å². The number of anilines is 1.